The Morgan fingerprint density at radius 3 is 1.45 bits per heavy atom. The molecule has 0 aliphatic rings. The van der Waals surface area contributed by atoms with Crippen molar-refractivity contribution in [2.45, 2.75) is 251 Å². The molecule has 0 spiro atoms. The Labute approximate surface area is 395 Å². The topological polar surface area (TPSA) is 95.9 Å². The Morgan fingerprint density at radius 1 is 0.469 bits per heavy atom. The number of hydrogen-bond donors (Lipinski definition) is 3. The van der Waals surface area contributed by atoms with E-state index in [1.54, 1.807) is 0 Å². The van der Waals surface area contributed by atoms with Crippen molar-refractivity contribution in [2.24, 2.45) is 0 Å². The van der Waals surface area contributed by atoms with E-state index < -0.39 is 18.2 Å². The number of aliphatic hydroxyl groups is 2. The summed E-state index contributed by atoms with van der Waals surface area (Å²) in [4.78, 5) is 26.2. The lowest BCUT2D eigenvalue weighted by Gasteiger charge is -2.24. The van der Waals surface area contributed by atoms with Gasteiger partial charge in [-0.1, -0.05) is 234 Å². The Kier molecular flexibility index (Phi) is 48.2. The van der Waals surface area contributed by atoms with Crippen LogP contribution in [0, 0.1) is 0 Å². The Bertz CT molecular complexity index is 1270. The maximum Gasteiger partial charge on any atom is 0.306 e. The number of rotatable bonds is 46. The van der Waals surface area contributed by atoms with Crippen molar-refractivity contribution in [3.8, 4) is 0 Å². The maximum atomic E-state index is 13.2. The fraction of sp³-hybridized carbons (Fsp3) is 0.690. The molecule has 0 aromatic heterocycles. The quantitative estimate of drug-likeness (QED) is 0.0245. The van der Waals surface area contributed by atoms with Gasteiger partial charge in [0.25, 0.3) is 0 Å². The van der Waals surface area contributed by atoms with Crippen LogP contribution in [0.25, 0.3) is 0 Å². The molecule has 0 rings (SSSR count). The molecule has 0 aliphatic carbocycles. The zero-order valence-corrected chi connectivity index (χ0v) is 41.6. The van der Waals surface area contributed by atoms with Crippen LogP contribution in [-0.4, -0.2) is 46.9 Å². The normalized spacial score (nSPS) is 14.0. The van der Waals surface area contributed by atoms with E-state index in [1.807, 2.05) is 36.5 Å². The van der Waals surface area contributed by atoms with Gasteiger partial charge in [-0.3, -0.25) is 9.59 Å². The third-order valence-electron chi connectivity index (χ3n) is 11.5. The Balaban J connectivity index is 4.70. The summed E-state index contributed by atoms with van der Waals surface area (Å²) < 4.78 is 5.92. The molecule has 0 bridgehead atoms. The van der Waals surface area contributed by atoms with Crippen molar-refractivity contribution in [3.63, 3.8) is 0 Å². The van der Waals surface area contributed by atoms with Crippen LogP contribution >= 0.6 is 0 Å². The molecule has 64 heavy (non-hydrogen) atoms. The fourth-order valence-electron chi connectivity index (χ4n) is 7.47. The van der Waals surface area contributed by atoms with Crippen LogP contribution in [-0.2, 0) is 14.3 Å². The number of amides is 1. The van der Waals surface area contributed by atoms with Crippen LogP contribution in [0.5, 0.6) is 0 Å². The average molecular weight is 890 g/mol. The number of unbranched alkanes of at least 4 members (excludes halogenated alkanes) is 22. The highest BCUT2D eigenvalue weighted by molar-refractivity contribution is 5.77. The van der Waals surface area contributed by atoms with E-state index in [2.05, 4.69) is 86.8 Å². The van der Waals surface area contributed by atoms with E-state index in [-0.39, 0.29) is 24.9 Å². The van der Waals surface area contributed by atoms with E-state index >= 15 is 0 Å². The maximum absolute atomic E-state index is 13.2. The van der Waals surface area contributed by atoms with Gasteiger partial charge in [0.1, 0.15) is 6.10 Å². The zero-order chi connectivity index (χ0) is 46.7. The van der Waals surface area contributed by atoms with E-state index in [9.17, 15) is 19.8 Å². The number of allylic oxidation sites excluding steroid dienone is 16. The lowest BCUT2D eigenvalue weighted by atomic mass is 10.0. The molecule has 6 heteroatoms. The first kappa shape index (κ1) is 60.8. The minimum atomic E-state index is -0.807. The molecule has 3 atom stereocenters. The fourth-order valence-corrected chi connectivity index (χ4v) is 7.47. The summed E-state index contributed by atoms with van der Waals surface area (Å²) in [5.74, 6) is -0.537. The molecule has 0 saturated heterocycles. The monoisotopic (exact) mass is 890 g/mol. The van der Waals surface area contributed by atoms with Gasteiger partial charge in [0.05, 0.1) is 25.2 Å². The van der Waals surface area contributed by atoms with Crippen LogP contribution in [0.4, 0.5) is 0 Å². The number of carbonyl (C=O) groups is 2. The van der Waals surface area contributed by atoms with Crippen LogP contribution < -0.4 is 5.32 Å². The Morgan fingerprint density at radius 2 is 0.891 bits per heavy atom. The lowest BCUT2D eigenvalue weighted by Crippen LogP contribution is -2.46. The number of hydrogen-bond acceptors (Lipinski definition) is 5. The summed E-state index contributed by atoms with van der Waals surface area (Å²) in [7, 11) is 0. The molecule has 0 aliphatic heterocycles. The van der Waals surface area contributed by atoms with Crippen molar-refractivity contribution in [2.75, 3.05) is 6.61 Å². The van der Waals surface area contributed by atoms with Crippen molar-refractivity contribution in [1.29, 1.82) is 0 Å². The number of nitrogens with one attached hydrogen (secondary N) is 1. The molecule has 0 fully saturated rings. The highest BCUT2D eigenvalue weighted by atomic mass is 16.5. The van der Waals surface area contributed by atoms with Gasteiger partial charge in [-0.2, -0.15) is 0 Å². The van der Waals surface area contributed by atoms with Gasteiger partial charge < -0.3 is 20.3 Å². The van der Waals surface area contributed by atoms with Crippen LogP contribution in [0.3, 0.4) is 0 Å². The number of carbonyl (C=O) groups excluding carboxylic acids is 2. The smallest absolute Gasteiger partial charge is 0.306 e. The second-order valence-corrected chi connectivity index (χ2v) is 17.7. The molecule has 3 N–H and O–H groups in total. The zero-order valence-electron chi connectivity index (χ0n) is 41.6. The number of esters is 1. The predicted molar refractivity (Wildman–Crippen MR) is 277 cm³/mol. The largest absolute Gasteiger partial charge is 0.462 e. The van der Waals surface area contributed by atoms with Gasteiger partial charge in [0.15, 0.2) is 0 Å². The first-order chi connectivity index (χ1) is 31.5. The summed E-state index contributed by atoms with van der Waals surface area (Å²) in [6.07, 6.45) is 67.4. The molecule has 0 saturated carbocycles. The third-order valence-corrected chi connectivity index (χ3v) is 11.5. The predicted octanol–water partition coefficient (Wildman–Crippen LogP) is 16.1. The molecule has 1 amide bonds. The van der Waals surface area contributed by atoms with Gasteiger partial charge in [0, 0.05) is 6.42 Å². The van der Waals surface area contributed by atoms with E-state index in [0.717, 1.165) is 89.9 Å². The third kappa shape index (κ3) is 45.4. The molecular weight excluding hydrogens is 791 g/mol. The van der Waals surface area contributed by atoms with E-state index in [4.69, 9.17) is 4.74 Å². The first-order valence-corrected chi connectivity index (χ1v) is 26.5. The van der Waals surface area contributed by atoms with Gasteiger partial charge in [-0.15, -0.1) is 0 Å². The second kappa shape index (κ2) is 50.8. The van der Waals surface area contributed by atoms with Crippen LogP contribution in [0.1, 0.15) is 233 Å². The van der Waals surface area contributed by atoms with Gasteiger partial charge >= 0.3 is 5.97 Å². The van der Waals surface area contributed by atoms with Gasteiger partial charge in [-0.05, 0) is 83.5 Å². The number of ether oxygens (including phenoxy) is 1. The van der Waals surface area contributed by atoms with Crippen molar-refractivity contribution >= 4 is 11.9 Å². The summed E-state index contributed by atoms with van der Waals surface area (Å²) >= 11 is 0. The lowest BCUT2D eigenvalue weighted by molar-refractivity contribution is -0.151. The standard InChI is InChI=1S/C58H99NO5/c1-4-7-10-13-16-19-22-24-26-28-29-30-32-34-36-39-42-45-48-51-58(63)64-54(49-46-43-40-37-35-33-31-27-25-23-20-17-14-11-8-5-2)52-57(62)59-55(53-60)56(61)50-47-44-41-38-21-18-15-12-9-6-3/h11,14,16-17,19-20,23-27,29-31,33,35,54-56,60-61H,4-10,12-13,15,18,21-22,28,32,34,36-53H2,1-3H3,(H,59,62)/b14-11+,19-16-,20-17+,25-23+,26-24-,30-29-,31-27+,35-33+. The summed E-state index contributed by atoms with van der Waals surface area (Å²) in [6.45, 7) is 6.33. The van der Waals surface area contributed by atoms with Gasteiger partial charge in [-0.25, -0.2) is 0 Å². The molecule has 0 heterocycles. The van der Waals surface area contributed by atoms with Crippen LogP contribution in [0.2, 0.25) is 0 Å². The molecule has 0 aromatic rings. The van der Waals surface area contributed by atoms with Gasteiger partial charge in [0.2, 0.25) is 5.91 Å². The molecule has 3 unspecified atom stereocenters. The number of aliphatic hydroxyl groups excluding tert-OH is 2. The molecule has 366 valence electrons. The SMILES string of the molecule is CCC/C=C/C=C/C=C/C=C/C=C/CCCCCC(CC(=O)NC(CO)C(O)CCCCCCCCCCCC)OC(=O)CCCCCCCC/C=C\C/C=C\C/C=C\CCCCC. The van der Waals surface area contributed by atoms with Crippen molar-refractivity contribution in [3.05, 3.63) is 97.2 Å². The van der Waals surface area contributed by atoms with Crippen molar-refractivity contribution in [1.82, 2.24) is 5.32 Å². The highest BCUT2D eigenvalue weighted by Crippen LogP contribution is 2.17. The minimum Gasteiger partial charge on any atom is -0.462 e. The van der Waals surface area contributed by atoms with E-state index in [0.29, 0.717) is 19.3 Å². The summed E-state index contributed by atoms with van der Waals surface area (Å²) in [6, 6.07) is -0.724. The first-order valence-electron chi connectivity index (χ1n) is 26.5. The molecule has 0 aromatic carbocycles. The average Bonchev–Trinajstić information content (AvgIpc) is 3.29. The Hall–Kier alpha value is -3.22. The molecule has 6 nitrogen and oxygen atoms in total. The molecule has 0 radical (unpaired) electrons. The van der Waals surface area contributed by atoms with Crippen LogP contribution in [0.15, 0.2) is 97.2 Å². The summed E-state index contributed by atoms with van der Waals surface area (Å²) in [5.41, 5.74) is 0. The van der Waals surface area contributed by atoms with E-state index in [1.165, 1.54) is 96.3 Å². The molecular formula is C58H99NO5. The van der Waals surface area contributed by atoms with Crippen molar-refractivity contribution < 1.29 is 24.5 Å². The second-order valence-electron chi connectivity index (χ2n) is 17.7. The summed E-state index contributed by atoms with van der Waals surface area (Å²) in [5, 5.41) is 23.7. The minimum absolute atomic E-state index is 0.0386. The highest BCUT2D eigenvalue weighted by Gasteiger charge is 2.24.